The maximum atomic E-state index is 5.95. The first kappa shape index (κ1) is 13.2. The van der Waals surface area contributed by atoms with Gasteiger partial charge in [-0.15, -0.1) is 0 Å². The Bertz CT molecular complexity index is 876. The standard InChI is InChI=1S/C20H18O2/c1-3-13-5-7-17-15(9-13)11-19(21-17)20-12-16-10-14(4-2)6-8-18(16)22-20/h5-12H,3-4H2,1-2H3. The molecule has 0 aliphatic carbocycles. The van der Waals surface area contributed by atoms with Crippen molar-refractivity contribution in [2.24, 2.45) is 0 Å². The summed E-state index contributed by atoms with van der Waals surface area (Å²) in [6.45, 7) is 4.32. The smallest absolute Gasteiger partial charge is 0.170 e. The Morgan fingerprint density at radius 2 is 1.09 bits per heavy atom. The number of benzene rings is 2. The molecule has 0 saturated heterocycles. The van der Waals surface area contributed by atoms with Crippen LogP contribution >= 0.6 is 0 Å². The maximum Gasteiger partial charge on any atom is 0.170 e. The van der Waals surface area contributed by atoms with E-state index >= 15 is 0 Å². The van der Waals surface area contributed by atoms with Gasteiger partial charge in [-0.3, -0.25) is 0 Å². The van der Waals surface area contributed by atoms with Gasteiger partial charge in [-0.05, 0) is 60.4 Å². The van der Waals surface area contributed by atoms with Crippen LogP contribution in [-0.4, -0.2) is 0 Å². The van der Waals surface area contributed by atoms with Gasteiger partial charge in [-0.1, -0.05) is 26.0 Å². The van der Waals surface area contributed by atoms with Gasteiger partial charge >= 0.3 is 0 Å². The van der Waals surface area contributed by atoms with Gasteiger partial charge in [0.15, 0.2) is 11.5 Å². The summed E-state index contributed by atoms with van der Waals surface area (Å²) in [7, 11) is 0. The summed E-state index contributed by atoms with van der Waals surface area (Å²) in [6, 6.07) is 16.8. The van der Waals surface area contributed by atoms with Crippen molar-refractivity contribution in [2.45, 2.75) is 26.7 Å². The number of fused-ring (bicyclic) bond motifs is 2. The van der Waals surface area contributed by atoms with E-state index in [0.717, 1.165) is 46.3 Å². The molecule has 4 aromatic rings. The fourth-order valence-electron chi connectivity index (χ4n) is 2.87. The van der Waals surface area contributed by atoms with Crippen molar-refractivity contribution in [3.63, 3.8) is 0 Å². The summed E-state index contributed by atoms with van der Waals surface area (Å²) in [5.74, 6) is 1.58. The first-order chi connectivity index (χ1) is 10.8. The molecular weight excluding hydrogens is 272 g/mol. The first-order valence-corrected chi connectivity index (χ1v) is 7.82. The molecule has 22 heavy (non-hydrogen) atoms. The van der Waals surface area contributed by atoms with Gasteiger partial charge in [-0.25, -0.2) is 0 Å². The molecule has 0 spiro atoms. The van der Waals surface area contributed by atoms with E-state index < -0.39 is 0 Å². The van der Waals surface area contributed by atoms with Crippen molar-refractivity contribution in [2.75, 3.05) is 0 Å². The lowest BCUT2D eigenvalue weighted by Gasteiger charge is -1.93. The fraction of sp³-hybridized carbons (Fsp3) is 0.200. The Balaban J connectivity index is 1.83. The molecule has 2 aromatic carbocycles. The maximum absolute atomic E-state index is 5.95. The van der Waals surface area contributed by atoms with Crippen molar-refractivity contribution in [1.29, 1.82) is 0 Å². The fourth-order valence-corrected chi connectivity index (χ4v) is 2.87. The summed E-state index contributed by atoms with van der Waals surface area (Å²) in [5, 5.41) is 2.26. The number of rotatable bonds is 3. The van der Waals surface area contributed by atoms with E-state index in [-0.39, 0.29) is 0 Å². The van der Waals surface area contributed by atoms with Crippen LogP contribution in [-0.2, 0) is 12.8 Å². The molecule has 0 atom stereocenters. The third-order valence-electron chi connectivity index (χ3n) is 4.22. The van der Waals surface area contributed by atoms with Gasteiger partial charge in [0.2, 0.25) is 0 Å². The number of furan rings is 2. The molecule has 0 unspecified atom stereocenters. The van der Waals surface area contributed by atoms with E-state index in [1.807, 2.05) is 12.1 Å². The van der Waals surface area contributed by atoms with E-state index in [1.54, 1.807) is 0 Å². The topological polar surface area (TPSA) is 26.3 Å². The zero-order valence-corrected chi connectivity index (χ0v) is 12.8. The molecule has 0 bridgehead atoms. The number of aryl methyl sites for hydroxylation is 2. The zero-order chi connectivity index (χ0) is 15.1. The Hall–Kier alpha value is -2.48. The molecule has 0 fully saturated rings. The highest BCUT2D eigenvalue weighted by Crippen LogP contribution is 2.33. The van der Waals surface area contributed by atoms with Crippen LogP contribution in [0.4, 0.5) is 0 Å². The predicted octanol–water partition coefficient (Wildman–Crippen LogP) is 5.97. The van der Waals surface area contributed by atoms with Crippen LogP contribution in [0.15, 0.2) is 57.4 Å². The second kappa shape index (κ2) is 5.06. The van der Waals surface area contributed by atoms with Gasteiger partial charge in [0.1, 0.15) is 11.2 Å². The van der Waals surface area contributed by atoms with E-state index in [0.29, 0.717) is 0 Å². The largest absolute Gasteiger partial charge is 0.453 e. The second-order valence-electron chi connectivity index (χ2n) is 5.67. The third kappa shape index (κ3) is 2.12. The second-order valence-corrected chi connectivity index (χ2v) is 5.67. The molecule has 2 heteroatoms. The molecule has 0 N–H and O–H groups in total. The molecule has 4 rings (SSSR count). The highest BCUT2D eigenvalue weighted by Gasteiger charge is 2.12. The summed E-state index contributed by atoms with van der Waals surface area (Å²) >= 11 is 0. The van der Waals surface area contributed by atoms with E-state index in [1.165, 1.54) is 11.1 Å². The van der Waals surface area contributed by atoms with E-state index in [2.05, 4.69) is 50.2 Å². The summed E-state index contributed by atoms with van der Waals surface area (Å²) in [6.07, 6.45) is 2.06. The molecular formula is C20H18O2. The Morgan fingerprint density at radius 3 is 1.50 bits per heavy atom. The molecule has 2 heterocycles. The van der Waals surface area contributed by atoms with Crippen molar-refractivity contribution in [3.05, 3.63) is 59.7 Å². The van der Waals surface area contributed by atoms with Crippen LogP contribution in [0, 0.1) is 0 Å². The van der Waals surface area contributed by atoms with E-state index in [4.69, 9.17) is 8.83 Å². The van der Waals surface area contributed by atoms with Gasteiger partial charge in [0.05, 0.1) is 0 Å². The normalized spacial score (nSPS) is 11.5. The number of hydrogen-bond donors (Lipinski definition) is 0. The van der Waals surface area contributed by atoms with Crippen molar-refractivity contribution < 1.29 is 8.83 Å². The number of hydrogen-bond acceptors (Lipinski definition) is 2. The van der Waals surface area contributed by atoms with Crippen LogP contribution in [0.2, 0.25) is 0 Å². The van der Waals surface area contributed by atoms with Crippen LogP contribution in [0.25, 0.3) is 33.5 Å². The lowest BCUT2D eigenvalue weighted by molar-refractivity contribution is 0.569. The summed E-state index contributed by atoms with van der Waals surface area (Å²) in [4.78, 5) is 0. The highest BCUT2D eigenvalue weighted by molar-refractivity contribution is 5.86. The Kier molecular flexibility index (Phi) is 3.04. The van der Waals surface area contributed by atoms with Crippen molar-refractivity contribution >= 4 is 21.9 Å². The van der Waals surface area contributed by atoms with Crippen LogP contribution in [0.3, 0.4) is 0 Å². The van der Waals surface area contributed by atoms with Crippen LogP contribution in [0.5, 0.6) is 0 Å². The van der Waals surface area contributed by atoms with Crippen LogP contribution in [0.1, 0.15) is 25.0 Å². The average Bonchev–Trinajstić information content (AvgIpc) is 3.16. The molecule has 110 valence electrons. The average molecular weight is 290 g/mol. The van der Waals surface area contributed by atoms with Gasteiger partial charge in [-0.2, -0.15) is 0 Å². The lowest BCUT2D eigenvalue weighted by Crippen LogP contribution is -1.76. The first-order valence-electron chi connectivity index (χ1n) is 7.82. The SMILES string of the molecule is CCc1ccc2oc(-c3cc4cc(CC)ccc4o3)cc2c1. The molecule has 0 aliphatic rings. The molecule has 2 nitrogen and oxygen atoms in total. The van der Waals surface area contributed by atoms with Gasteiger partial charge in [0.25, 0.3) is 0 Å². The van der Waals surface area contributed by atoms with Crippen molar-refractivity contribution in [1.82, 2.24) is 0 Å². The Morgan fingerprint density at radius 1 is 0.636 bits per heavy atom. The van der Waals surface area contributed by atoms with Gasteiger partial charge < -0.3 is 8.83 Å². The monoisotopic (exact) mass is 290 g/mol. The minimum absolute atomic E-state index is 0.789. The summed E-state index contributed by atoms with van der Waals surface area (Å²) < 4.78 is 11.9. The molecule has 0 amide bonds. The van der Waals surface area contributed by atoms with Crippen molar-refractivity contribution in [3.8, 4) is 11.5 Å². The minimum Gasteiger partial charge on any atom is -0.453 e. The quantitative estimate of drug-likeness (QED) is 0.464. The molecule has 2 aromatic heterocycles. The highest BCUT2D eigenvalue weighted by atomic mass is 16.4. The lowest BCUT2D eigenvalue weighted by atomic mass is 10.1. The van der Waals surface area contributed by atoms with Crippen LogP contribution < -0.4 is 0 Å². The molecule has 0 saturated carbocycles. The molecule has 0 radical (unpaired) electrons. The molecule has 0 aliphatic heterocycles. The van der Waals surface area contributed by atoms with E-state index in [9.17, 15) is 0 Å². The minimum atomic E-state index is 0.789. The zero-order valence-electron chi connectivity index (χ0n) is 12.8. The predicted molar refractivity (Wildman–Crippen MR) is 90.2 cm³/mol. The summed E-state index contributed by atoms with van der Waals surface area (Å²) in [5.41, 5.74) is 4.44. The Labute approximate surface area is 129 Å². The van der Waals surface area contributed by atoms with Gasteiger partial charge in [0, 0.05) is 10.8 Å². The third-order valence-corrected chi connectivity index (χ3v) is 4.22.